The maximum Gasteiger partial charge on any atom is 0.408 e. The summed E-state index contributed by atoms with van der Waals surface area (Å²) < 4.78 is 10.5. The molecule has 2 fully saturated rings. The summed E-state index contributed by atoms with van der Waals surface area (Å²) >= 11 is 0. The van der Waals surface area contributed by atoms with E-state index in [2.05, 4.69) is 5.32 Å². The summed E-state index contributed by atoms with van der Waals surface area (Å²) in [7, 11) is 0. The molecular weight excluding hydrogens is 362 g/mol. The lowest BCUT2D eigenvalue weighted by Gasteiger charge is -2.34. The minimum Gasteiger partial charge on any atom is -0.445 e. The number of alkyl carbamates (subject to hydrolysis) is 1. The molecule has 3 amide bonds. The molecule has 0 bridgehead atoms. The summed E-state index contributed by atoms with van der Waals surface area (Å²) in [4.78, 5) is 41.0. The molecule has 0 aliphatic carbocycles. The fourth-order valence-electron chi connectivity index (χ4n) is 3.58. The van der Waals surface area contributed by atoms with Crippen LogP contribution in [0.1, 0.15) is 25.3 Å². The van der Waals surface area contributed by atoms with Gasteiger partial charge in [-0.25, -0.2) is 4.79 Å². The topological polar surface area (TPSA) is 88.2 Å². The Morgan fingerprint density at radius 2 is 1.93 bits per heavy atom. The molecule has 0 spiro atoms. The number of benzene rings is 1. The highest BCUT2D eigenvalue weighted by Crippen LogP contribution is 2.19. The number of carbonyl (C=O) groups excluding carboxylic acids is 3. The molecule has 3 rings (SSSR count). The Morgan fingerprint density at radius 1 is 1.21 bits per heavy atom. The quantitative estimate of drug-likeness (QED) is 0.789. The number of hydrogen-bond donors (Lipinski definition) is 1. The molecule has 152 valence electrons. The first-order valence-corrected chi connectivity index (χ1v) is 9.74. The van der Waals surface area contributed by atoms with Gasteiger partial charge in [0.1, 0.15) is 18.7 Å². The first-order chi connectivity index (χ1) is 13.6. The molecular formula is C20H27N3O5. The molecule has 2 aliphatic heterocycles. The predicted octanol–water partition coefficient (Wildman–Crippen LogP) is 1.15. The van der Waals surface area contributed by atoms with E-state index in [1.165, 1.54) is 0 Å². The summed E-state index contributed by atoms with van der Waals surface area (Å²) in [6.45, 7) is 4.61. The van der Waals surface area contributed by atoms with Gasteiger partial charge < -0.3 is 24.6 Å². The van der Waals surface area contributed by atoms with Crippen molar-refractivity contribution in [1.29, 1.82) is 0 Å². The van der Waals surface area contributed by atoms with Crippen LogP contribution in [0.3, 0.4) is 0 Å². The Bertz CT molecular complexity index is 690. The zero-order chi connectivity index (χ0) is 19.9. The molecule has 8 nitrogen and oxygen atoms in total. The van der Waals surface area contributed by atoms with Crippen molar-refractivity contribution in [2.45, 2.75) is 38.5 Å². The number of rotatable bonds is 6. The lowest BCUT2D eigenvalue weighted by atomic mass is 10.1. The average molecular weight is 389 g/mol. The van der Waals surface area contributed by atoms with Crippen molar-refractivity contribution in [1.82, 2.24) is 15.1 Å². The number of likely N-dealkylation sites (tertiary alicyclic amines) is 1. The Labute approximate surface area is 164 Å². The Kier molecular flexibility index (Phi) is 6.86. The molecule has 0 radical (unpaired) electrons. The van der Waals surface area contributed by atoms with E-state index in [0.717, 1.165) is 5.56 Å². The second-order valence-electron chi connectivity index (χ2n) is 6.94. The van der Waals surface area contributed by atoms with Crippen LogP contribution in [-0.2, 0) is 25.7 Å². The smallest absolute Gasteiger partial charge is 0.408 e. The van der Waals surface area contributed by atoms with Gasteiger partial charge in [0.25, 0.3) is 0 Å². The van der Waals surface area contributed by atoms with Crippen molar-refractivity contribution < 1.29 is 23.9 Å². The van der Waals surface area contributed by atoms with Crippen LogP contribution in [0.25, 0.3) is 0 Å². The molecule has 2 aliphatic rings. The Balaban J connectivity index is 1.52. The maximum atomic E-state index is 12.8. The van der Waals surface area contributed by atoms with Crippen molar-refractivity contribution in [3.8, 4) is 0 Å². The molecule has 8 heteroatoms. The van der Waals surface area contributed by atoms with Gasteiger partial charge in [-0.2, -0.15) is 0 Å². The van der Waals surface area contributed by atoms with Crippen LogP contribution in [-0.4, -0.2) is 72.6 Å². The van der Waals surface area contributed by atoms with E-state index < -0.39 is 18.2 Å². The summed E-state index contributed by atoms with van der Waals surface area (Å²) in [5.74, 6) is -0.281. The molecule has 1 aromatic rings. The monoisotopic (exact) mass is 389 g/mol. The number of ether oxygens (including phenoxy) is 2. The van der Waals surface area contributed by atoms with Gasteiger partial charge in [0, 0.05) is 19.6 Å². The van der Waals surface area contributed by atoms with Gasteiger partial charge in [0.05, 0.1) is 13.2 Å². The van der Waals surface area contributed by atoms with Gasteiger partial charge in [-0.1, -0.05) is 37.3 Å². The van der Waals surface area contributed by atoms with Gasteiger partial charge in [-0.05, 0) is 18.4 Å². The number of nitrogens with one attached hydrogen (secondary N) is 1. The second-order valence-corrected chi connectivity index (χ2v) is 6.94. The van der Waals surface area contributed by atoms with E-state index in [9.17, 15) is 14.4 Å². The third-order valence-electron chi connectivity index (χ3n) is 5.12. The van der Waals surface area contributed by atoms with Gasteiger partial charge in [-0.3, -0.25) is 9.59 Å². The average Bonchev–Trinajstić information content (AvgIpc) is 3.08. The lowest BCUT2D eigenvalue weighted by molar-refractivity contribution is -0.147. The fraction of sp³-hybridized carbons (Fsp3) is 0.550. The van der Waals surface area contributed by atoms with Gasteiger partial charge in [0.15, 0.2) is 0 Å². The van der Waals surface area contributed by atoms with Crippen LogP contribution in [0, 0.1) is 0 Å². The van der Waals surface area contributed by atoms with E-state index in [4.69, 9.17) is 9.47 Å². The minimum absolute atomic E-state index is 0.0496. The van der Waals surface area contributed by atoms with Crippen LogP contribution in [0.2, 0.25) is 0 Å². The largest absolute Gasteiger partial charge is 0.445 e. The van der Waals surface area contributed by atoms with Crippen molar-refractivity contribution in [3.05, 3.63) is 35.9 Å². The SMILES string of the molecule is CC[C@@H](C(=O)N1CCOCC1)N1CC[C@H](NC(=O)OCc2ccccc2)C1=O. The van der Waals surface area contributed by atoms with E-state index in [1.807, 2.05) is 37.3 Å². The van der Waals surface area contributed by atoms with E-state index >= 15 is 0 Å². The van der Waals surface area contributed by atoms with E-state index in [1.54, 1.807) is 9.80 Å². The summed E-state index contributed by atoms with van der Waals surface area (Å²) in [5, 5.41) is 2.63. The first kappa shape index (κ1) is 20.1. The second kappa shape index (κ2) is 9.54. The number of nitrogens with zero attached hydrogens (tertiary/aromatic N) is 2. The molecule has 2 atom stereocenters. The molecule has 2 heterocycles. The molecule has 0 saturated carbocycles. The normalized spacial score (nSPS) is 20.8. The number of morpholine rings is 1. The van der Waals surface area contributed by atoms with E-state index in [0.29, 0.717) is 45.7 Å². The third kappa shape index (κ3) is 4.81. The molecule has 0 aromatic heterocycles. The Hall–Kier alpha value is -2.61. The third-order valence-corrected chi connectivity index (χ3v) is 5.12. The molecule has 0 unspecified atom stereocenters. The van der Waals surface area contributed by atoms with Crippen LogP contribution in [0.4, 0.5) is 4.79 Å². The summed E-state index contributed by atoms with van der Waals surface area (Å²) in [6, 6.07) is 8.18. The van der Waals surface area contributed by atoms with Crippen LogP contribution in [0.15, 0.2) is 30.3 Å². The number of carbonyl (C=O) groups is 3. The predicted molar refractivity (Wildman–Crippen MR) is 101 cm³/mol. The van der Waals surface area contributed by atoms with Crippen LogP contribution >= 0.6 is 0 Å². The highest BCUT2D eigenvalue weighted by Gasteiger charge is 2.40. The minimum atomic E-state index is -0.658. The van der Waals surface area contributed by atoms with E-state index in [-0.39, 0.29) is 18.4 Å². The number of hydrogen-bond acceptors (Lipinski definition) is 5. The zero-order valence-corrected chi connectivity index (χ0v) is 16.1. The van der Waals surface area contributed by atoms with Gasteiger partial charge in [-0.15, -0.1) is 0 Å². The number of amides is 3. The van der Waals surface area contributed by atoms with Crippen LogP contribution < -0.4 is 5.32 Å². The standard InChI is InChI=1S/C20H27N3O5/c1-2-17(19(25)22-10-12-27-13-11-22)23-9-8-16(18(23)24)21-20(26)28-14-15-6-4-3-5-7-15/h3-7,16-17H,2,8-14H2,1H3,(H,21,26)/t16-,17-/m0/s1. The van der Waals surface area contributed by atoms with Crippen LogP contribution in [0.5, 0.6) is 0 Å². The highest BCUT2D eigenvalue weighted by atomic mass is 16.5. The first-order valence-electron chi connectivity index (χ1n) is 9.74. The van der Waals surface area contributed by atoms with Gasteiger partial charge >= 0.3 is 6.09 Å². The van der Waals surface area contributed by atoms with Crippen molar-refractivity contribution >= 4 is 17.9 Å². The molecule has 1 aromatic carbocycles. The summed E-state index contributed by atoms with van der Waals surface area (Å²) in [6.07, 6.45) is 0.371. The summed E-state index contributed by atoms with van der Waals surface area (Å²) in [5.41, 5.74) is 0.874. The van der Waals surface area contributed by atoms with Gasteiger partial charge in [0.2, 0.25) is 11.8 Å². The van der Waals surface area contributed by atoms with Crippen molar-refractivity contribution in [3.63, 3.8) is 0 Å². The highest BCUT2D eigenvalue weighted by molar-refractivity contribution is 5.92. The molecule has 2 saturated heterocycles. The lowest BCUT2D eigenvalue weighted by Crippen LogP contribution is -2.53. The maximum absolute atomic E-state index is 12.8. The molecule has 28 heavy (non-hydrogen) atoms. The zero-order valence-electron chi connectivity index (χ0n) is 16.1. The fourth-order valence-corrected chi connectivity index (χ4v) is 3.58. The van der Waals surface area contributed by atoms with Crippen molar-refractivity contribution in [2.24, 2.45) is 0 Å². The molecule has 1 N–H and O–H groups in total. The van der Waals surface area contributed by atoms with Crippen molar-refractivity contribution in [2.75, 3.05) is 32.8 Å². The Morgan fingerprint density at radius 3 is 2.61 bits per heavy atom.